The fourth-order valence-electron chi connectivity index (χ4n) is 1.95. The molecule has 2 rings (SSSR count). The zero-order valence-corrected chi connectivity index (χ0v) is 11.2. The second kappa shape index (κ2) is 5.60. The minimum atomic E-state index is -1.01. The number of aliphatic carboxylic acids is 1. The zero-order valence-electron chi connectivity index (χ0n) is 11.2. The average Bonchev–Trinajstić information content (AvgIpc) is 2.73. The van der Waals surface area contributed by atoms with Crippen LogP contribution in [0.1, 0.15) is 12.8 Å². The second-order valence-electron chi connectivity index (χ2n) is 4.27. The molecule has 1 heterocycles. The van der Waals surface area contributed by atoms with Gasteiger partial charge in [0.1, 0.15) is 5.75 Å². The molecule has 1 amide bonds. The number of hydrogen-bond acceptors (Lipinski definition) is 4. The molecule has 0 unspecified atom stereocenters. The molecule has 0 radical (unpaired) electrons. The Balaban J connectivity index is 2.30. The number of carboxylic acid groups (broad SMARTS) is 1. The Bertz CT molecular complexity index is 663. The first-order valence-corrected chi connectivity index (χ1v) is 6.04. The van der Waals surface area contributed by atoms with Crippen molar-refractivity contribution in [3.63, 3.8) is 0 Å². The van der Waals surface area contributed by atoms with Crippen LogP contribution in [-0.4, -0.2) is 33.9 Å². The van der Waals surface area contributed by atoms with E-state index < -0.39 is 11.9 Å². The van der Waals surface area contributed by atoms with E-state index in [1.54, 1.807) is 17.8 Å². The predicted molar refractivity (Wildman–Crippen MR) is 72.8 cm³/mol. The molecule has 2 aromatic rings. The van der Waals surface area contributed by atoms with Crippen molar-refractivity contribution in [1.82, 2.24) is 9.78 Å². The Morgan fingerprint density at radius 1 is 1.40 bits per heavy atom. The van der Waals surface area contributed by atoms with Gasteiger partial charge in [0.2, 0.25) is 5.91 Å². The number of anilines is 1. The van der Waals surface area contributed by atoms with E-state index in [-0.39, 0.29) is 12.8 Å². The molecule has 106 valence electrons. The van der Waals surface area contributed by atoms with Crippen molar-refractivity contribution in [3.8, 4) is 5.75 Å². The van der Waals surface area contributed by atoms with E-state index in [9.17, 15) is 9.59 Å². The number of fused-ring (bicyclic) bond motifs is 1. The minimum Gasteiger partial charge on any atom is -0.496 e. The first-order valence-electron chi connectivity index (χ1n) is 6.04. The maximum atomic E-state index is 11.7. The van der Waals surface area contributed by atoms with Gasteiger partial charge in [0.25, 0.3) is 0 Å². The van der Waals surface area contributed by atoms with Crippen LogP contribution >= 0.6 is 0 Å². The fourth-order valence-corrected chi connectivity index (χ4v) is 1.95. The number of hydrogen-bond donors (Lipinski definition) is 2. The Labute approximate surface area is 115 Å². The molecule has 0 saturated carbocycles. The molecule has 0 atom stereocenters. The highest BCUT2D eigenvalue weighted by molar-refractivity contribution is 6.03. The number of nitrogens with zero attached hydrogens (tertiary/aromatic N) is 2. The smallest absolute Gasteiger partial charge is 0.303 e. The van der Waals surface area contributed by atoms with Crippen molar-refractivity contribution in [1.29, 1.82) is 0 Å². The molecule has 1 aromatic heterocycles. The maximum absolute atomic E-state index is 11.7. The lowest BCUT2D eigenvalue weighted by Crippen LogP contribution is -2.14. The molecule has 0 fully saturated rings. The lowest BCUT2D eigenvalue weighted by molar-refractivity contribution is -0.138. The Morgan fingerprint density at radius 3 is 2.80 bits per heavy atom. The van der Waals surface area contributed by atoms with Crippen molar-refractivity contribution in [2.75, 3.05) is 12.4 Å². The van der Waals surface area contributed by atoms with Crippen LogP contribution in [0.4, 0.5) is 5.82 Å². The number of carbonyl (C=O) groups is 2. The molecule has 0 bridgehead atoms. The molecule has 2 N–H and O–H groups in total. The second-order valence-corrected chi connectivity index (χ2v) is 4.27. The summed E-state index contributed by atoms with van der Waals surface area (Å²) in [5.41, 5.74) is 0.817. The van der Waals surface area contributed by atoms with Gasteiger partial charge in [0.15, 0.2) is 5.82 Å². The van der Waals surface area contributed by atoms with Crippen molar-refractivity contribution in [2.45, 2.75) is 12.8 Å². The van der Waals surface area contributed by atoms with Crippen LogP contribution in [0, 0.1) is 0 Å². The number of aromatic nitrogens is 2. The van der Waals surface area contributed by atoms with Crippen LogP contribution in [0.5, 0.6) is 5.75 Å². The van der Waals surface area contributed by atoms with Crippen molar-refractivity contribution in [3.05, 3.63) is 18.2 Å². The highest BCUT2D eigenvalue weighted by Gasteiger charge is 2.15. The van der Waals surface area contributed by atoms with E-state index in [0.717, 1.165) is 5.52 Å². The number of carbonyl (C=O) groups excluding carboxylic acids is 1. The van der Waals surface area contributed by atoms with E-state index in [1.807, 2.05) is 12.1 Å². The van der Waals surface area contributed by atoms with Crippen LogP contribution in [0.2, 0.25) is 0 Å². The lowest BCUT2D eigenvalue weighted by Gasteiger charge is -2.04. The summed E-state index contributed by atoms with van der Waals surface area (Å²) in [7, 11) is 3.30. The van der Waals surface area contributed by atoms with Crippen LogP contribution < -0.4 is 10.1 Å². The van der Waals surface area contributed by atoms with Crippen molar-refractivity contribution >= 4 is 28.6 Å². The van der Waals surface area contributed by atoms with Crippen molar-refractivity contribution in [2.24, 2.45) is 7.05 Å². The number of nitrogens with one attached hydrogen (secondary N) is 1. The van der Waals surface area contributed by atoms with E-state index >= 15 is 0 Å². The number of benzene rings is 1. The van der Waals surface area contributed by atoms with Gasteiger partial charge < -0.3 is 15.2 Å². The molecular formula is C13H15N3O4. The number of ether oxygens (including phenoxy) is 1. The molecule has 1 aromatic carbocycles. The summed E-state index contributed by atoms with van der Waals surface area (Å²) in [5.74, 6) is -0.429. The summed E-state index contributed by atoms with van der Waals surface area (Å²) >= 11 is 0. The number of carboxylic acids is 1. The largest absolute Gasteiger partial charge is 0.496 e. The van der Waals surface area contributed by atoms with Crippen LogP contribution in [0.25, 0.3) is 10.9 Å². The molecule has 20 heavy (non-hydrogen) atoms. The summed E-state index contributed by atoms with van der Waals surface area (Å²) in [6, 6.07) is 5.47. The van der Waals surface area contributed by atoms with Crippen LogP contribution in [-0.2, 0) is 16.6 Å². The first kappa shape index (κ1) is 13.9. The number of aryl methyl sites for hydroxylation is 1. The molecule has 0 spiro atoms. The highest BCUT2D eigenvalue weighted by Crippen LogP contribution is 2.31. The quantitative estimate of drug-likeness (QED) is 0.861. The van der Waals surface area contributed by atoms with Crippen molar-refractivity contribution < 1.29 is 19.4 Å². The summed E-state index contributed by atoms with van der Waals surface area (Å²) in [4.78, 5) is 22.2. The Kier molecular flexibility index (Phi) is 3.88. The summed E-state index contributed by atoms with van der Waals surface area (Å²) in [6.45, 7) is 0. The van der Waals surface area contributed by atoms with E-state index in [2.05, 4.69) is 10.4 Å². The molecule has 0 saturated heterocycles. The van der Waals surface area contributed by atoms with Gasteiger partial charge >= 0.3 is 5.97 Å². The van der Waals surface area contributed by atoms with Gasteiger partial charge in [-0.3, -0.25) is 14.3 Å². The Hall–Kier alpha value is -2.57. The SMILES string of the molecule is COc1cccc2c1c(NC(=O)CCC(=O)O)nn2C. The third-order valence-corrected chi connectivity index (χ3v) is 2.88. The third kappa shape index (κ3) is 2.71. The van der Waals surface area contributed by atoms with Crippen LogP contribution in [0.15, 0.2) is 18.2 Å². The lowest BCUT2D eigenvalue weighted by atomic mass is 10.2. The number of rotatable bonds is 5. The van der Waals surface area contributed by atoms with Gasteiger partial charge in [-0.15, -0.1) is 0 Å². The number of amides is 1. The highest BCUT2D eigenvalue weighted by atomic mass is 16.5. The molecule has 0 aliphatic carbocycles. The number of methoxy groups -OCH3 is 1. The fraction of sp³-hybridized carbons (Fsp3) is 0.308. The molecular weight excluding hydrogens is 262 g/mol. The van der Waals surface area contributed by atoms with Gasteiger partial charge in [-0.1, -0.05) is 6.07 Å². The van der Waals surface area contributed by atoms with E-state index in [0.29, 0.717) is 17.0 Å². The third-order valence-electron chi connectivity index (χ3n) is 2.88. The summed E-state index contributed by atoms with van der Waals surface area (Å²) < 4.78 is 6.89. The monoisotopic (exact) mass is 277 g/mol. The summed E-state index contributed by atoms with van der Waals surface area (Å²) in [5, 5.41) is 16.1. The first-order chi connectivity index (χ1) is 9.52. The molecule has 0 aliphatic heterocycles. The topological polar surface area (TPSA) is 93.4 Å². The van der Waals surface area contributed by atoms with E-state index in [1.165, 1.54) is 7.11 Å². The Morgan fingerprint density at radius 2 is 2.15 bits per heavy atom. The minimum absolute atomic E-state index is 0.0947. The van der Waals surface area contributed by atoms with Crippen LogP contribution in [0.3, 0.4) is 0 Å². The maximum Gasteiger partial charge on any atom is 0.303 e. The van der Waals surface area contributed by atoms with Gasteiger partial charge in [0.05, 0.1) is 24.4 Å². The van der Waals surface area contributed by atoms with Gasteiger partial charge in [-0.05, 0) is 12.1 Å². The molecule has 0 aliphatic rings. The van der Waals surface area contributed by atoms with E-state index in [4.69, 9.17) is 9.84 Å². The normalized spacial score (nSPS) is 10.5. The zero-order chi connectivity index (χ0) is 14.7. The van der Waals surface area contributed by atoms with Gasteiger partial charge in [-0.25, -0.2) is 0 Å². The predicted octanol–water partition coefficient (Wildman–Crippen LogP) is 1.39. The standard InChI is InChI=1S/C13H15N3O4/c1-16-8-4-3-5-9(20-2)12(8)13(15-16)14-10(17)6-7-11(18)19/h3-5H,6-7H2,1-2H3,(H,18,19)(H,14,15,17). The molecule has 7 nitrogen and oxygen atoms in total. The average molecular weight is 277 g/mol. The van der Waals surface area contributed by atoms with Gasteiger partial charge in [0, 0.05) is 13.5 Å². The van der Waals surface area contributed by atoms with Gasteiger partial charge in [-0.2, -0.15) is 5.10 Å². The molecule has 7 heteroatoms. The summed E-state index contributed by atoms with van der Waals surface area (Å²) in [6.07, 6.45) is -0.309.